The van der Waals surface area contributed by atoms with Crippen LogP contribution in [0.2, 0.25) is 5.02 Å². The van der Waals surface area contributed by atoms with Gasteiger partial charge in [0.25, 0.3) is 0 Å². The number of fused-ring (bicyclic) bond motifs is 1. The molecule has 1 unspecified atom stereocenters. The van der Waals surface area contributed by atoms with Gasteiger partial charge in [-0.1, -0.05) is 11.6 Å². The minimum absolute atomic E-state index is 0.136. The third-order valence-corrected chi connectivity index (χ3v) is 4.04. The van der Waals surface area contributed by atoms with Gasteiger partial charge in [-0.2, -0.15) is 0 Å². The number of aromatic nitrogens is 2. The highest BCUT2D eigenvalue weighted by molar-refractivity contribution is 6.31. The number of nitrogens with zero attached hydrogens (tertiary/aromatic N) is 2. The number of rotatable bonds is 2. The molecule has 2 nitrogen and oxygen atoms in total. The van der Waals surface area contributed by atoms with Crippen molar-refractivity contribution in [3.05, 3.63) is 28.8 Å². The van der Waals surface area contributed by atoms with Crippen molar-refractivity contribution in [1.29, 1.82) is 0 Å². The van der Waals surface area contributed by atoms with Crippen molar-refractivity contribution in [2.24, 2.45) is 0 Å². The fourth-order valence-corrected chi connectivity index (χ4v) is 2.73. The van der Waals surface area contributed by atoms with Crippen LogP contribution in [0.5, 0.6) is 0 Å². The van der Waals surface area contributed by atoms with Crippen LogP contribution in [0.4, 0.5) is 4.39 Å². The minimum Gasteiger partial charge on any atom is -0.324 e. The number of hydrogen-bond donors (Lipinski definition) is 0. The van der Waals surface area contributed by atoms with E-state index in [4.69, 9.17) is 23.2 Å². The van der Waals surface area contributed by atoms with Gasteiger partial charge in [0.2, 0.25) is 0 Å². The van der Waals surface area contributed by atoms with E-state index < -0.39 is 5.82 Å². The van der Waals surface area contributed by atoms with Crippen molar-refractivity contribution in [3.63, 3.8) is 0 Å². The summed E-state index contributed by atoms with van der Waals surface area (Å²) in [6.07, 6.45) is 3.46. The summed E-state index contributed by atoms with van der Waals surface area (Å²) in [5, 5.41) is -0.0587. The maximum absolute atomic E-state index is 13.5. The van der Waals surface area contributed by atoms with Crippen LogP contribution in [-0.4, -0.2) is 9.55 Å². The fourth-order valence-electron chi connectivity index (χ4n) is 2.42. The molecule has 1 aliphatic rings. The number of alkyl halides is 1. The van der Waals surface area contributed by atoms with Gasteiger partial charge in [-0.3, -0.25) is 0 Å². The highest BCUT2D eigenvalue weighted by Crippen LogP contribution is 2.38. The molecule has 0 amide bonds. The van der Waals surface area contributed by atoms with E-state index in [1.807, 2.05) is 6.92 Å². The lowest BCUT2D eigenvalue weighted by atomic mass is 9.92. The highest BCUT2D eigenvalue weighted by atomic mass is 35.5. The summed E-state index contributed by atoms with van der Waals surface area (Å²) in [5.74, 6) is 0.370. The molecule has 96 valence electrons. The molecule has 2 aromatic rings. The smallest absolute Gasteiger partial charge is 0.144 e. The van der Waals surface area contributed by atoms with E-state index in [1.54, 1.807) is 6.07 Å². The third-order valence-electron chi connectivity index (χ3n) is 3.55. The van der Waals surface area contributed by atoms with Crippen molar-refractivity contribution in [2.45, 2.75) is 37.6 Å². The lowest BCUT2D eigenvalue weighted by molar-refractivity contribution is 0.313. The van der Waals surface area contributed by atoms with Crippen LogP contribution in [0, 0.1) is 5.82 Å². The van der Waals surface area contributed by atoms with Gasteiger partial charge in [0.15, 0.2) is 0 Å². The van der Waals surface area contributed by atoms with Gasteiger partial charge in [0.05, 0.1) is 21.4 Å². The number of hydrogen-bond acceptors (Lipinski definition) is 1. The Balaban J connectivity index is 2.26. The molecule has 0 spiro atoms. The molecule has 0 radical (unpaired) electrons. The predicted molar refractivity (Wildman–Crippen MR) is 71.9 cm³/mol. The summed E-state index contributed by atoms with van der Waals surface area (Å²) in [5.41, 5.74) is 1.51. The van der Waals surface area contributed by atoms with Crippen LogP contribution >= 0.6 is 23.2 Å². The van der Waals surface area contributed by atoms with Gasteiger partial charge >= 0.3 is 0 Å². The molecule has 1 aliphatic carbocycles. The maximum Gasteiger partial charge on any atom is 0.144 e. The zero-order valence-electron chi connectivity index (χ0n) is 9.96. The Morgan fingerprint density at radius 3 is 2.72 bits per heavy atom. The molecule has 0 saturated heterocycles. The Labute approximate surface area is 115 Å². The zero-order valence-corrected chi connectivity index (χ0v) is 11.5. The van der Waals surface area contributed by atoms with Crippen LogP contribution in [0.25, 0.3) is 11.0 Å². The first-order valence-electron chi connectivity index (χ1n) is 6.09. The quantitative estimate of drug-likeness (QED) is 0.722. The first-order chi connectivity index (χ1) is 8.58. The minimum atomic E-state index is -0.434. The van der Waals surface area contributed by atoms with Crippen molar-refractivity contribution in [2.75, 3.05) is 0 Å². The molecular formula is C13H13Cl2FN2. The average Bonchev–Trinajstić information content (AvgIpc) is 2.56. The lowest BCUT2D eigenvalue weighted by Gasteiger charge is -2.29. The van der Waals surface area contributed by atoms with Crippen molar-refractivity contribution >= 4 is 34.2 Å². The predicted octanol–water partition coefficient (Wildman–Crippen LogP) is 4.85. The van der Waals surface area contributed by atoms with E-state index in [9.17, 15) is 4.39 Å². The van der Waals surface area contributed by atoms with Crippen LogP contribution < -0.4 is 0 Å². The first-order valence-corrected chi connectivity index (χ1v) is 6.90. The second-order valence-corrected chi connectivity index (χ2v) is 5.86. The standard InChI is InChI=1S/C13H13Cl2FN2/c1-7(14)13-17-11-6-10(16)9(15)5-12(11)18(13)8-3-2-4-8/h5-8H,2-4H2,1H3. The van der Waals surface area contributed by atoms with Gasteiger partial charge in [-0.15, -0.1) is 11.6 Å². The summed E-state index contributed by atoms with van der Waals surface area (Å²) in [6.45, 7) is 1.88. The van der Waals surface area contributed by atoms with Crippen LogP contribution in [0.1, 0.15) is 43.4 Å². The van der Waals surface area contributed by atoms with E-state index in [0.717, 1.165) is 24.2 Å². The van der Waals surface area contributed by atoms with Gasteiger partial charge in [0.1, 0.15) is 11.6 Å². The van der Waals surface area contributed by atoms with Gasteiger partial charge in [0, 0.05) is 12.1 Å². The summed E-state index contributed by atoms with van der Waals surface area (Å²) in [7, 11) is 0. The molecule has 5 heteroatoms. The second kappa shape index (κ2) is 4.39. The molecule has 1 saturated carbocycles. The number of benzene rings is 1. The number of imidazole rings is 1. The van der Waals surface area contributed by atoms with Gasteiger partial charge < -0.3 is 4.57 Å². The van der Waals surface area contributed by atoms with Crippen molar-refractivity contribution in [1.82, 2.24) is 9.55 Å². The van der Waals surface area contributed by atoms with Crippen molar-refractivity contribution in [3.8, 4) is 0 Å². The normalized spacial score (nSPS) is 18.0. The molecule has 18 heavy (non-hydrogen) atoms. The van der Waals surface area contributed by atoms with Gasteiger partial charge in [-0.25, -0.2) is 9.37 Å². The summed E-state index contributed by atoms with van der Waals surface area (Å²) in [6, 6.07) is 3.46. The Morgan fingerprint density at radius 2 is 2.17 bits per heavy atom. The Hall–Kier alpha value is -0.800. The Morgan fingerprint density at radius 1 is 1.44 bits per heavy atom. The topological polar surface area (TPSA) is 17.8 Å². The molecule has 1 atom stereocenters. The lowest BCUT2D eigenvalue weighted by Crippen LogP contribution is -2.19. The van der Waals surface area contributed by atoms with Gasteiger partial charge in [-0.05, 0) is 32.3 Å². The third kappa shape index (κ3) is 1.81. The van der Waals surface area contributed by atoms with Crippen molar-refractivity contribution < 1.29 is 4.39 Å². The van der Waals surface area contributed by atoms with Crippen LogP contribution in [-0.2, 0) is 0 Å². The molecule has 3 rings (SSSR count). The SMILES string of the molecule is CC(Cl)c1nc2cc(F)c(Cl)cc2n1C1CCC1. The maximum atomic E-state index is 13.5. The summed E-state index contributed by atoms with van der Waals surface area (Å²) in [4.78, 5) is 4.45. The number of halogens is 3. The van der Waals surface area contributed by atoms with Crippen LogP contribution in [0.15, 0.2) is 12.1 Å². The van der Waals surface area contributed by atoms with E-state index in [0.29, 0.717) is 11.6 Å². The van der Waals surface area contributed by atoms with E-state index >= 15 is 0 Å². The molecule has 1 aromatic heterocycles. The first kappa shape index (κ1) is 12.2. The molecular weight excluding hydrogens is 274 g/mol. The highest BCUT2D eigenvalue weighted by Gasteiger charge is 2.26. The average molecular weight is 287 g/mol. The molecule has 1 aromatic carbocycles. The van der Waals surface area contributed by atoms with E-state index in [2.05, 4.69) is 9.55 Å². The molecule has 0 aliphatic heterocycles. The molecule has 1 fully saturated rings. The molecule has 1 heterocycles. The second-order valence-electron chi connectivity index (χ2n) is 4.80. The fraction of sp³-hybridized carbons (Fsp3) is 0.462. The molecule has 0 N–H and O–H groups in total. The summed E-state index contributed by atoms with van der Waals surface area (Å²) < 4.78 is 15.6. The largest absolute Gasteiger partial charge is 0.324 e. The zero-order chi connectivity index (χ0) is 12.9. The Bertz CT molecular complexity index is 603. The summed E-state index contributed by atoms with van der Waals surface area (Å²) >= 11 is 12.0. The van der Waals surface area contributed by atoms with E-state index in [1.165, 1.54) is 12.5 Å². The van der Waals surface area contributed by atoms with E-state index in [-0.39, 0.29) is 10.4 Å². The van der Waals surface area contributed by atoms with Crippen LogP contribution in [0.3, 0.4) is 0 Å². The monoisotopic (exact) mass is 286 g/mol. The molecule has 0 bridgehead atoms. The Kier molecular flexibility index (Phi) is 2.99.